The average Bonchev–Trinajstić information content (AvgIpc) is 1.56. The largest absolute Gasteiger partial charge is 0.480 e. The third-order valence-electron chi connectivity index (χ3n) is 17.5. The van der Waals surface area contributed by atoms with E-state index in [-0.39, 0.29) is 81.9 Å². The minimum absolute atomic E-state index is 0.00417. The molecule has 1 heterocycles. The summed E-state index contributed by atoms with van der Waals surface area (Å²) >= 11 is 8.42. The molecule has 18 atom stereocenters. The van der Waals surface area contributed by atoms with Gasteiger partial charge in [0.25, 0.3) is 0 Å². The van der Waals surface area contributed by atoms with Gasteiger partial charge >= 0.3 is 5.97 Å². The van der Waals surface area contributed by atoms with Gasteiger partial charge in [-0.1, -0.05) is 82.1 Å². The summed E-state index contributed by atoms with van der Waals surface area (Å²) in [5.74, 6) is -17.9. The van der Waals surface area contributed by atoms with E-state index >= 15 is 0 Å². The van der Waals surface area contributed by atoms with Crippen LogP contribution in [0, 0.1) is 29.6 Å². The topological polar surface area (TPSA) is 643 Å². The molecule has 0 aromatic heterocycles. The van der Waals surface area contributed by atoms with Crippen molar-refractivity contribution in [3.8, 4) is 0 Å². The number of amides is 13. The smallest absolute Gasteiger partial charge is 0.326 e. The molecule has 1 saturated heterocycles. The summed E-state index contributed by atoms with van der Waals surface area (Å²) in [5.41, 5.74) is 28.2. The maximum absolute atomic E-state index is 14.4. The van der Waals surface area contributed by atoms with E-state index in [9.17, 15) is 92.7 Å². The first-order chi connectivity index (χ1) is 49.6. The molecule has 604 valence electrons. The quantitative estimate of drug-likeness (QED) is 0.0116. The Balaban J connectivity index is 3.50. The summed E-state index contributed by atoms with van der Waals surface area (Å²) in [5, 5.41) is 81.2. The van der Waals surface area contributed by atoms with Crippen LogP contribution in [-0.2, 0) is 67.1 Å². The maximum atomic E-state index is 14.4. The van der Waals surface area contributed by atoms with Crippen LogP contribution in [0.1, 0.15) is 141 Å². The highest BCUT2D eigenvalue weighted by molar-refractivity contribution is 7.80. The zero-order chi connectivity index (χ0) is 81.2. The van der Waals surface area contributed by atoms with Crippen LogP contribution in [0.2, 0.25) is 0 Å². The molecule has 27 N–H and O–H groups in total. The first kappa shape index (κ1) is 95.6. The van der Waals surface area contributed by atoms with Crippen LogP contribution in [0.25, 0.3) is 0 Å². The molecule has 0 aromatic carbocycles. The van der Waals surface area contributed by atoms with E-state index in [1.54, 1.807) is 55.4 Å². The van der Waals surface area contributed by atoms with Gasteiger partial charge in [-0.25, -0.2) is 4.79 Å². The Morgan fingerprint density at radius 2 is 0.792 bits per heavy atom. The molecule has 1 fully saturated rings. The Morgan fingerprint density at radius 1 is 0.453 bits per heavy atom. The third-order valence-corrected chi connectivity index (χ3v) is 18.3. The predicted octanol–water partition coefficient (Wildman–Crippen LogP) is -7.63. The molecule has 0 saturated carbocycles. The van der Waals surface area contributed by atoms with Crippen molar-refractivity contribution in [3.63, 3.8) is 0 Å². The van der Waals surface area contributed by atoms with Gasteiger partial charge in [-0.2, -0.15) is 25.3 Å². The van der Waals surface area contributed by atoms with Gasteiger partial charge < -0.3 is 123 Å². The number of aliphatic imine (C=N–C) groups is 2. The van der Waals surface area contributed by atoms with Gasteiger partial charge in [0.1, 0.15) is 78.5 Å². The molecule has 1 rings (SSSR count). The fourth-order valence-corrected chi connectivity index (χ4v) is 11.2. The van der Waals surface area contributed by atoms with Gasteiger partial charge in [-0.05, 0) is 88.4 Å². The van der Waals surface area contributed by atoms with Gasteiger partial charge in [0.05, 0.1) is 31.5 Å². The summed E-state index contributed by atoms with van der Waals surface area (Å²) in [6.45, 7) is 17.0. The molecule has 39 nitrogen and oxygen atoms in total. The van der Waals surface area contributed by atoms with Crippen molar-refractivity contribution < 1.29 is 92.7 Å². The number of thiol groups is 2. The lowest BCUT2D eigenvalue weighted by atomic mass is 9.97. The second kappa shape index (κ2) is 48.0. The lowest BCUT2D eigenvalue weighted by molar-refractivity contribution is -0.144. The minimum Gasteiger partial charge on any atom is -0.480 e. The highest BCUT2D eigenvalue weighted by Gasteiger charge is 2.42. The molecule has 0 unspecified atom stereocenters. The van der Waals surface area contributed by atoms with Crippen LogP contribution >= 0.6 is 25.3 Å². The van der Waals surface area contributed by atoms with E-state index < -0.39 is 222 Å². The number of nitrogens with zero attached hydrogens (tertiary/aromatic N) is 3. The zero-order valence-electron chi connectivity index (χ0n) is 62.5. The van der Waals surface area contributed by atoms with E-state index in [1.165, 1.54) is 18.7 Å². The van der Waals surface area contributed by atoms with Crippen molar-refractivity contribution >= 4 is 120 Å². The molecular formula is C65H118N20O19S2. The molecule has 0 radical (unpaired) electrons. The molecular weight excluding hydrogens is 1430 g/mol. The Morgan fingerprint density at radius 3 is 1.21 bits per heavy atom. The number of rotatable bonds is 48. The van der Waals surface area contributed by atoms with Crippen LogP contribution in [0.3, 0.4) is 0 Å². The summed E-state index contributed by atoms with van der Waals surface area (Å²) < 4.78 is 0. The number of carbonyl (C=O) groups is 14. The normalized spacial score (nSPS) is 17.6. The summed E-state index contributed by atoms with van der Waals surface area (Å²) in [4.78, 5) is 202. The number of hydrogen-bond donors (Lipinski definition) is 24. The number of hydrogen-bond acceptors (Lipinski definition) is 23. The van der Waals surface area contributed by atoms with Gasteiger partial charge in [0.15, 0.2) is 11.9 Å². The monoisotopic (exact) mass is 1550 g/mol. The van der Waals surface area contributed by atoms with Crippen LogP contribution in [-0.4, -0.2) is 266 Å². The van der Waals surface area contributed by atoms with Crippen molar-refractivity contribution in [2.45, 2.75) is 238 Å². The van der Waals surface area contributed by atoms with Crippen molar-refractivity contribution in [2.75, 3.05) is 44.4 Å². The lowest BCUT2D eigenvalue weighted by Gasteiger charge is -2.30. The van der Waals surface area contributed by atoms with E-state index in [1.807, 2.05) is 0 Å². The Hall–Kier alpha value is -8.38. The third kappa shape index (κ3) is 32.0. The van der Waals surface area contributed by atoms with Crippen LogP contribution in [0.5, 0.6) is 0 Å². The molecule has 0 bridgehead atoms. The molecule has 13 amide bonds. The Kier molecular flexibility index (Phi) is 43.3. The molecule has 0 spiro atoms. The number of nitrogens with two attached hydrogens (primary N) is 5. The number of carbonyl (C=O) groups excluding carboxylic acids is 13. The zero-order valence-corrected chi connectivity index (χ0v) is 64.3. The number of aliphatic carboxylic acids is 1. The maximum Gasteiger partial charge on any atom is 0.326 e. The minimum atomic E-state index is -1.88. The average molecular weight is 1550 g/mol. The fraction of sp³-hybridized carbons (Fsp3) is 0.754. The van der Waals surface area contributed by atoms with Crippen molar-refractivity contribution in [2.24, 2.45) is 68.2 Å². The van der Waals surface area contributed by atoms with Crippen molar-refractivity contribution in [1.82, 2.24) is 68.7 Å². The lowest BCUT2D eigenvalue weighted by Crippen LogP contribution is -2.63. The van der Waals surface area contributed by atoms with Crippen LogP contribution in [0.4, 0.5) is 0 Å². The fourth-order valence-electron chi connectivity index (χ4n) is 10.7. The summed E-state index contributed by atoms with van der Waals surface area (Å²) in [7, 11) is 0. The molecule has 41 heteroatoms. The Labute approximate surface area is 628 Å². The first-order valence-electron chi connectivity index (χ1n) is 35.4. The van der Waals surface area contributed by atoms with E-state index in [0.29, 0.717) is 19.3 Å². The second-order valence-electron chi connectivity index (χ2n) is 27.4. The van der Waals surface area contributed by atoms with E-state index in [0.717, 1.165) is 13.8 Å². The van der Waals surface area contributed by atoms with Gasteiger partial charge in [0, 0.05) is 31.1 Å². The number of guanidine groups is 2. The standard InChI is InChI=1S/C65H118N20O19S2/c1-13-32(9)46(59(99)77-40(26-87)54(94)82-47(63(103)104)33(10)14-2)81-55(95)42(28-106)79-60(100)48(34(11)88)84-56(96)41(27-105)78-50(90)36(18-15-21-71-64(67)68)74-58(98)45(31(7)8)80-61(101)49(35(12)89)83-51(91)37(19-16-22-72-65(69)70)73-53(93)39(25-86)76-52(92)38(24-29(3)4)75-57(97)43-20-17-23-85(43)62(102)44(66)30(5)6/h29-49,86-89,105-106H,13-28,66H2,1-12H3,(H,73,93)(H,74,98)(H,75,97)(H,76,92)(H,77,99)(H,78,90)(H,79,100)(H,80,101)(H,81,95)(H,82,94)(H,83,91)(H,84,96)(H,103,104)(H4,67,68,71)(H4,69,70,72)/t32-,33-,34+,35+,36-,37-,38-,39-,40-,41-,42-,43-,44-,45-,46-,47-,48-,49-/m0/s1. The molecule has 106 heavy (non-hydrogen) atoms. The number of nitrogens with one attached hydrogen (secondary N) is 12. The summed E-state index contributed by atoms with van der Waals surface area (Å²) in [6.07, 6.45) is -2.42. The van der Waals surface area contributed by atoms with Crippen molar-refractivity contribution in [3.05, 3.63) is 0 Å². The SMILES string of the molecule is CC[C@H](C)[C@H](NC(=O)[C@H](CO)NC(=O)[C@@H](NC(=O)[C@H](CS)NC(=O)[C@@H](NC(=O)[C@H](CS)NC(=O)[C@H](CCCN=C(N)N)NC(=O)[C@@H](NC(=O)[C@@H](NC(=O)[C@H](CCCN=C(N)N)NC(=O)[C@H](CO)NC(=O)[C@H](CC(C)C)NC(=O)[C@@H]1CCCN1C(=O)[C@@H](N)C(C)C)[C@@H](C)O)C(C)C)[C@@H](C)O)[C@@H](C)CC)C(=O)O. The van der Waals surface area contributed by atoms with E-state index in [4.69, 9.17) is 28.7 Å². The summed E-state index contributed by atoms with van der Waals surface area (Å²) in [6, 6.07) is -20.9. The number of carboxylic acid groups (broad SMARTS) is 1. The van der Waals surface area contributed by atoms with Crippen molar-refractivity contribution in [1.29, 1.82) is 0 Å². The number of aliphatic hydroxyl groups is 4. The number of aliphatic hydroxyl groups excluding tert-OH is 4. The van der Waals surface area contributed by atoms with E-state index in [2.05, 4.69) is 99.0 Å². The first-order valence-corrected chi connectivity index (χ1v) is 36.7. The molecule has 0 aromatic rings. The van der Waals surface area contributed by atoms with Crippen LogP contribution < -0.4 is 92.5 Å². The van der Waals surface area contributed by atoms with Gasteiger partial charge in [-0.3, -0.25) is 72.3 Å². The number of carboxylic acids is 1. The van der Waals surface area contributed by atoms with Gasteiger partial charge in [-0.15, -0.1) is 0 Å². The predicted molar refractivity (Wildman–Crippen MR) is 397 cm³/mol. The highest BCUT2D eigenvalue weighted by Crippen LogP contribution is 2.21. The molecule has 1 aliphatic rings. The highest BCUT2D eigenvalue weighted by atomic mass is 32.1. The van der Waals surface area contributed by atoms with Gasteiger partial charge in [0.2, 0.25) is 76.8 Å². The number of likely N-dealkylation sites (tertiary alicyclic amines) is 1. The Bertz CT molecular complexity index is 3020. The molecule has 1 aliphatic heterocycles. The van der Waals surface area contributed by atoms with Crippen LogP contribution in [0.15, 0.2) is 9.98 Å². The second-order valence-corrected chi connectivity index (χ2v) is 28.1. The molecule has 0 aliphatic carbocycles.